The van der Waals surface area contributed by atoms with E-state index in [1.807, 2.05) is 18.2 Å². The molecule has 2 aromatic rings. The molecule has 22 heavy (non-hydrogen) atoms. The molecule has 1 unspecified atom stereocenters. The number of hydrogen-bond donors (Lipinski definition) is 2. The summed E-state index contributed by atoms with van der Waals surface area (Å²) in [7, 11) is 0. The first-order valence-electron chi connectivity index (χ1n) is 6.86. The van der Waals surface area contributed by atoms with E-state index in [4.69, 9.17) is 23.2 Å². The molecule has 1 amide bonds. The second-order valence-corrected chi connectivity index (χ2v) is 5.65. The van der Waals surface area contributed by atoms with Crippen molar-refractivity contribution in [3.63, 3.8) is 0 Å². The molecule has 0 fully saturated rings. The molecule has 0 aliphatic carbocycles. The molecule has 1 heterocycles. The number of rotatable bonds is 6. The van der Waals surface area contributed by atoms with Crippen LogP contribution in [-0.4, -0.2) is 22.5 Å². The first kappa shape index (κ1) is 16.7. The molecular weight excluding hydrogens is 323 g/mol. The van der Waals surface area contributed by atoms with E-state index in [0.717, 1.165) is 5.69 Å². The van der Waals surface area contributed by atoms with Crippen LogP contribution in [0.2, 0.25) is 10.0 Å². The molecule has 1 aromatic carbocycles. The highest BCUT2D eigenvalue weighted by atomic mass is 35.5. The van der Waals surface area contributed by atoms with Crippen molar-refractivity contribution in [3.05, 3.63) is 63.9 Å². The van der Waals surface area contributed by atoms with Crippen molar-refractivity contribution in [3.8, 4) is 0 Å². The SMILES string of the molecule is O=C(CCc1ccccn1)NCC(O)c1ccc(Cl)cc1Cl. The first-order valence-corrected chi connectivity index (χ1v) is 7.61. The smallest absolute Gasteiger partial charge is 0.220 e. The topological polar surface area (TPSA) is 62.2 Å². The predicted octanol–water partition coefficient (Wildman–Crippen LogP) is 3.17. The zero-order valence-corrected chi connectivity index (χ0v) is 13.3. The molecule has 0 saturated carbocycles. The summed E-state index contributed by atoms with van der Waals surface area (Å²) in [6, 6.07) is 10.4. The monoisotopic (exact) mass is 338 g/mol. The number of benzene rings is 1. The molecule has 0 radical (unpaired) electrons. The van der Waals surface area contributed by atoms with Crippen molar-refractivity contribution >= 4 is 29.1 Å². The molecule has 2 rings (SSSR count). The van der Waals surface area contributed by atoms with Gasteiger partial charge >= 0.3 is 0 Å². The van der Waals surface area contributed by atoms with E-state index >= 15 is 0 Å². The van der Waals surface area contributed by atoms with E-state index in [1.165, 1.54) is 0 Å². The molecule has 0 aliphatic heterocycles. The van der Waals surface area contributed by atoms with Crippen LogP contribution >= 0.6 is 23.2 Å². The van der Waals surface area contributed by atoms with Gasteiger partial charge in [-0.2, -0.15) is 0 Å². The molecular formula is C16H16Cl2N2O2. The third-order valence-electron chi connectivity index (χ3n) is 3.15. The van der Waals surface area contributed by atoms with Gasteiger partial charge in [-0.1, -0.05) is 35.3 Å². The third-order valence-corrected chi connectivity index (χ3v) is 3.71. The van der Waals surface area contributed by atoms with Crippen molar-refractivity contribution < 1.29 is 9.90 Å². The fourth-order valence-corrected chi connectivity index (χ4v) is 2.50. The van der Waals surface area contributed by atoms with Crippen molar-refractivity contribution in [2.24, 2.45) is 0 Å². The van der Waals surface area contributed by atoms with Gasteiger partial charge in [0.1, 0.15) is 0 Å². The summed E-state index contributed by atoms with van der Waals surface area (Å²) >= 11 is 11.8. The lowest BCUT2D eigenvalue weighted by Crippen LogP contribution is -2.28. The van der Waals surface area contributed by atoms with Crippen molar-refractivity contribution in [1.82, 2.24) is 10.3 Å². The number of aromatic nitrogens is 1. The van der Waals surface area contributed by atoms with E-state index in [0.29, 0.717) is 28.5 Å². The summed E-state index contributed by atoms with van der Waals surface area (Å²) in [5.74, 6) is -0.144. The Morgan fingerprint density at radius 2 is 2.09 bits per heavy atom. The summed E-state index contributed by atoms with van der Waals surface area (Å²) in [4.78, 5) is 15.9. The first-order chi connectivity index (χ1) is 10.6. The molecule has 0 spiro atoms. The van der Waals surface area contributed by atoms with Gasteiger partial charge in [0, 0.05) is 40.5 Å². The standard InChI is InChI=1S/C16H16Cl2N2O2/c17-11-4-6-13(14(18)9-11)15(21)10-20-16(22)7-5-12-3-1-2-8-19-12/h1-4,6,8-9,15,21H,5,7,10H2,(H,20,22). The van der Waals surface area contributed by atoms with Crippen molar-refractivity contribution in [2.45, 2.75) is 18.9 Å². The van der Waals surface area contributed by atoms with Crippen LogP contribution < -0.4 is 5.32 Å². The van der Waals surface area contributed by atoms with Crippen LogP contribution in [0.25, 0.3) is 0 Å². The molecule has 1 aromatic heterocycles. The van der Waals surface area contributed by atoms with Gasteiger partial charge in [-0.05, 0) is 30.7 Å². The Kier molecular flexibility index (Phi) is 6.19. The minimum Gasteiger partial charge on any atom is -0.387 e. The van der Waals surface area contributed by atoms with Gasteiger partial charge in [-0.3, -0.25) is 9.78 Å². The van der Waals surface area contributed by atoms with Crippen LogP contribution in [0.15, 0.2) is 42.6 Å². The van der Waals surface area contributed by atoms with Gasteiger partial charge < -0.3 is 10.4 Å². The maximum atomic E-state index is 11.8. The maximum absolute atomic E-state index is 11.8. The normalized spacial score (nSPS) is 12.0. The number of carbonyl (C=O) groups is 1. The zero-order valence-electron chi connectivity index (χ0n) is 11.8. The lowest BCUT2D eigenvalue weighted by atomic mass is 10.1. The quantitative estimate of drug-likeness (QED) is 0.850. The highest BCUT2D eigenvalue weighted by Gasteiger charge is 2.13. The van der Waals surface area contributed by atoms with Gasteiger partial charge in [-0.15, -0.1) is 0 Å². The number of carbonyl (C=O) groups excluding carboxylic acids is 1. The van der Waals surface area contributed by atoms with Gasteiger partial charge in [-0.25, -0.2) is 0 Å². The number of amides is 1. The van der Waals surface area contributed by atoms with Crippen LogP contribution in [0.3, 0.4) is 0 Å². The Labute approximate surface area is 139 Å². The summed E-state index contributed by atoms with van der Waals surface area (Å²) < 4.78 is 0. The Bertz CT molecular complexity index is 635. The molecule has 0 aliphatic rings. The molecule has 4 nitrogen and oxygen atoms in total. The van der Waals surface area contributed by atoms with Crippen LogP contribution in [0.1, 0.15) is 23.8 Å². The number of pyridine rings is 1. The summed E-state index contributed by atoms with van der Waals surface area (Å²) in [5.41, 5.74) is 1.40. The van der Waals surface area contributed by atoms with Crippen LogP contribution in [0, 0.1) is 0 Å². The van der Waals surface area contributed by atoms with Gasteiger partial charge in [0.2, 0.25) is 5.91 Å². The Morgan fingerprint density at radius 3 is 2.77 bits per heavy atom. The average molecular weight is 339 g/mol. The second kappa shape index (κ2) is 8.13. The number of aliphatic hydroxyl groups is 1. The molecule has 6 heteroatoms. The molecule has 0 saturated heterocycles. The van der Waals surface area contributed by atoms with Gasteiger partial charge in [0.25, 0.3) is 0 Å². The highest BCUT2D eigenvalue weighted by molar-refractivity contribution is 6.35. The summed E-state index contributed by atoms with van der Waals surface area (Å²) in [6.07, 6.45) is 1.70. The van der Waals surface area contributed by atoms with E-state index in [1.54, 1.807) is 24.4 Å². The molecule has 116 valence electrons. The Hall–Kier alpha value is -1.62. The van der Waals surface area contributed by atoms with Gasteiger partial charge in [0.15, 0.2) is 0 Å². The number of aliphatic hydroxyl groups excluding tert-OH is 1. The Balaban J connectivity index is 1.80. The average Bonchev–Trinajstić information content (AvgIpc) is 2.51. The zero-order chi connectivity index (χ0) is 15.9. The van der Waals surface area contributed by atoms with Crippen LogP contribution in [0.4, 0.5) is 0 Å². The minimum absolute atomic E-state index is 0.0996. The van der Waals surface area contributed by atoms with E-state index < -0.39 is 6.10 Å². The molecule has 2 N–H and O–H groups in total. The van der Waals surface area contributed by atoms with Crippen LogP contribution in [0.5, 0.6) is 0 Å². The van der Waals surface area contributed by atoms with Gasteiger partial charge in [0.05, 0.1) is 6.10 Å². The third kappa shape index (κ3) is 4.98. The fraction of sp³-hybridized carbons (Fsp3) is 0.250. The lowest BCUT2D eigenvalue weighted by Gasteiger charge is -2.14. The number of hydrogen-bond acceptors (Lipinski definition) is 3. The minimum atomic E-state index is -0.872. The van der Waals surface area contributed by atoms with Crippen LogP contribution in [-0.2, 0) is 11.2 Å². The van der Waals surface area contributed by atoms with E-state index in [9.17, 15) is 9.90 Å². The largest absolute Gasteiger partial charge is 0.387 e. The number of halogens is 2. The number of aryl methyl sites for hydroxylation is 1. The van der Waals surface area contributed by atoms with E-state index in [2.05, 4.69) is 10.3 Å². The Morgan fingerprint density at radius 1 is 1.27 bits per heavy atom. The summed E-state index contributed by atoms with van der Waals surface area (Å²) in [6.45, 7) is 0.0996. The number of nitrogens with one attached hydrogen (secondary N) is 1. The van der Waals surface area contributed by atoms with E-state index in [-0.39, 0.29) is 12.5 Å². The molecule has 1 atom stereocenters. The second-order valence-electron chi connectivity index (χ2n) is 4.81. The lowest BCUT2D eigenvalue weighted by molar-refractivity contribution is -0.121. The number of nitrogens with zero attached hydrogens (tertiary/aromatic N) is 1. The fourth-order valence-electron chi connectivity index (χ4n) is 1.97. The predicted molar refractivity (Wildman–Crippen MR) is 87.0 cm³/mol. The van der Waals surface area contributed by atoms with Crippen molar-refractivity contribution in [2.75, 3.05) is 6.54 Å². The molecule has 0 bridgehead atoms. The highest BCUT2D eigenvalue weighted by Crippen LogP contribution is 2.25. The summed E-state index contributed by atoms with van der Waals surface area (Å²) in [5, 5.41) is 13.6. The van der Waals surface area contributed by atoms with Crippen molar-refractivity contribution in [1.29, 1.82) is 0 Å². The maximum Gasteiger partial charge on any atom is 0.220 e.